The lowest BCUT2D eigenvalue weighted by atomic mass is 10.3. The van der Waals surface area contributed by atoms with E-state index in [-0.39, 0.29) is 11.8 Å². The second-order valence-corrected chi connectivity index (χ2v) is 6.10. The molecular formula is C16H20N4O2. The molecule has 0 unspecified atom stereocenters. The molecule has 0 saturated heterocycles. The van der Waals surface area contributed by atoms with E-state index in [4.69, 9.17) is 4.42 Å². The lowest BCUT2D eigenvalue weighted by Crippen LogP contribution is -2.34. The molecule has 6 heteroatoms. The van der Waals surface area contributed by atoms with Crippen LogP contribution in [0.4, 0.5) is 0 Å². The lowest BCUT2D eigenvalue weighted by molar-refractivity contribution is -0.122. The van der Waals surface area contributed by atoms with Crippen LogP contribution in [0.1, 0.15) is 30.1 Å². The molecule has 2 aromatic rings. The topological polar surface area (TPSA) is 63.3 Å². The van der Waals surface area contributed by atoms with Crippen LogP contribution in [0.25, 0.3) is 0 Å². The molecular weight excluding hydrogens is 280 g/mol. The van der Waals surface area contributed by atoms with Gasteiger partial charge in [-0.25, -0.2) is 4.98 Å². The van der Waals surface area contributed by atoms with Crippen LogP contribution < -0.4 is 5.32 Å². The van der Waals surface area contributed by atoms with Gasteiger partial charge in [-0.3, -0.25) is 9.69 Å². The molecule has 22 heavy (non-hydrogen) atoms. The summed E-state index contributed by atoms with van der Waals surface area (Å²) in [4.78, 5) is 18.6. The predicted octanol–water partition coefficient (Wildman–Crippen LogP) is 1.52. The van der Waals surface area contributed by atoms with E-state index in [1.54, 1.807) is 6.26 Å². The Morgan fingerprint density at radius 2 is 2.32 bits per heavy atom. The monoisotopic (exact) mass is 300 g/mol. The van der Waals surface area contributed by atoms with Gasteiger partial charge in [-0.05, 0) is 25.0 Å². The maximum absolute atomic E-state index is 11.7. The Hall–Kier alpha value is -2.08. The number of furan rings is 1. The number of fused-ring (bicyclic) bond motifs is 1. The number of hydrogen-bond acceptors (Lipinski definition) is 4. The fourth-order valence-electron chi connectivity index (χ4n) is 2.94. The van der Waals surface area contributed by atoms with Crippen molar-refractivity contribution in [2.24, 2.45) is 5.92 Å². The smallest absolute Gasteiger partial charge is 0.223 e. The zero-order valence-corrected chi connectivity index (χ0v) is 12.5. The van der Waals surface area contributed by atoms with Crippen molar-refractivity contribution in [3.8, 4) is 0 Å². The van der Waals surface area contributed by atoms with Crippen LogP contribution in [0.15, 0.2) is 29.0 Å². The summed E-state index contributed by atoms with van der Waals surface area (Å²) in [5, 5.41) is 3.02. The maximum atomic E-state index is 11.7. The van der Waals surface area contributed by atoms with Gasteiger partial charge in [-0.2, -0.15) is 0 Å². The molecule has 1 aliphatic carbocycles. The molecule has 0 radical (unpaired) electrons. The Bertz CT molecular complexity index is 658. The van der Waals surface area contributed by atoms with Gasteiger partial charge in [-0.15, -0.1) is 0 Å². The highest BCUT2D eigenvalue weighted by Gasteiger charge is 2.29. The van der Waals surface area contributed by atoms with E-state index in [0.717, 1.165) is 56.3 Å². The first kappa shape index (κ1) is 13.6. The van der Waals surface area contributed by atoms with E-state index < -0.39 is 0 Å². The number of nitrogens with one attached hydrogen (secondary N) is 1. The Labute approximate surface area is 129 Å². The lowest BCUT2D eigenvalue weighted by Gasteiger charge is -2.27. The Kier molecular flexibility index (Phi) is 3.46. The van der Waals surface area contributed by atoms with Crippen molar-refractivity contribution in [1.82, 2.24) is 19.8 Å². The molecule has 4 rings (SSSR count). The van der Waals surface area contributed by atoms with Crippen molar-refractivity contribution in [3.63, 3.8) is 0 Å². The van der Waals surface area contributed by atoms with Gasteiger partial charge in [0.25, 0.3) is 0 Å². The summed E-state index contributed by atoms with van der Waals surface area (Å²) < 4.78 is 7.63. The average molecular weight is 300 g/mol. The molecule has 6 nitrogen and oxygen atoms in total. The molecule has 0 bridgehead atoms. The van der Waals surface area contributed by atoms with E-state index in [1.807, 2.05) is 18.3 Å². The predicted molar refractivity (Wildman–Crippen MR) is 79.6 cm³/mol. The van der Waals surface area contributed by atoms with E-state index in [1.165, 1.54) is 0 Å². The van der Waals surface area contributed by atoms with Crippen LogP contribution in [-0.4, -0.2) is 26.9 Å². The summed E-state index contributed by atoms with van der Waals surface area (Å²) >= 11 is 0. The molecule has 2 aliphatic rings. The van der Waals surface area contributed by atoms with Crippen LogP contribution in [0.5, 0.6) is 0 Å². The largest absolute Gasteiger partial charge is 0.468 e. The first-order chi connectivity index (χ1) is 10.8. The van der Waals surface area contributed by atoms with E-state index in [2.05, 4.69) is 19.8 Å². The van der Waals surface area contributed by atoms with Gasteiger partial charge in [0.05, 0.1) is 37.8 Å². The number of amides is 1. The summed E-state index contributed by atoms with van der Waals surface area (Å²) in [6, 6.07) is 3.92. The minimum absolute atomic E-state index is 0.186. The SMILES string of the molecule is O=C(NCc1cnc2n1CCN(Cc1ccco1)C2)C1CC1. The number of carbonyl (C=O) groups excluding carboxylic acids is 1. The van der Waals surface area contributed by atoms with Gasteiger partial charge >= 0.3 is 0 Å². The van der Waals surface area contributed by atoms with Crippen molar-refractivity contribution < 1.29 is 9.21 Å². The van der Waals surface area contributed by atoms with Gasteiger partial charge in [-0.1, -0.05) is 0 Å². The molecule has 3 heterocycles. The Morgan fingerprint density at radius 1 is 1.41 bits per heavy atom. The first-order valence-corrected chi connectivity index (χ1v) is 7.85. The second kappa shape index (κ2) is 5.61. The van der Waals surface area contributed by atoms with Crippen LogP contribution in [0.2, 0.25) is 0 Å². The molecule has 1 fully saturated rings. The fraction of sp³-hybridized carbons (Fsp3) is 0.500. The minimum Gasteiger partial charge on any atom is -0.468 e. The number of nitrogens with zero attached hydrogens (tertiary/aromatic N) is 3. The number of imidazole rings is 1. The van der Waals surface area contributed by atoms with Crippen LogP contribution in [0.3, 0.4) is 0 Å². The fourth-order valence-corrected chi connectivity index (χ4v) is 2.94. The zero-order chi connectivity index (χ0) is 14.9. The van der Waals surface area contributed by atoms with Gasteiger partial charge in [0.1, 0.15) is 11.6 Å². The molecule has 0 atom stereocenters. The van der Waals surface area contributed by atoms with Gasteiger partial charge in [0, 0.05) is 19.0 Å². The van der Waals surface area contributed by atoms with Gasteiger partial charge in [0.15, 0.2) is 0 Å². The van der Waals surface area contributed by atoms with Gasteiger partial charge in [0.2, 0.25) is 5.91 Å². The molecule has 0 spiro atoms. The number of aromatic nitrogens is 2. The summed E-state index contributed by atoms with van der Waals surface area (Å²) in [6.45, 7) is 4.09. The molecule has 1 aliphatic heterocycles. The highest BCUT2D eigenvalue weighted by atomic mass is 16.3. The summed E-state index contributed by atoms with van der Waals surface area (Å²) in [5.41, 5.74) is 1.10. The number of rotatable bonds is 5. The summed E-state index contributed by atoms with van der Waals surface area (Å²) in [7, 11) is 0. The van der Waals surface area contributed by atoms with Crippen molar-refractivity contribution in [2.75, 3.05) is 6.54 Å². The highest BCUT2D eigenvalue weighted by Crippen LogP contribution is 2.28. The third kappa shape index (κ3) is 2.78. The molecule has 116 valence electrons. The molecule has 1 N–H and O–H groups in total. The maximum Gasteiger partial charge on any atom is 0.223 e. The number of carbonyl (C=O) groups is 1. The molecule has 0 aromatic carbocycles. The van der Waals surface area contributed by atoms with Crippen molar-refractivity contribution in [1.29, 1.82) is 0 Å². The summed E-state index contributed by atoms with van der Waals surface area (Å²) in [6.07, 6.45) is 5.68. The van der Waals surface area contributed by atoms with Crippen molar-refractivity contribution >= 4 is 5.91 Å². The van der Waals surface area contributed by atoms with Crippen molar-refractivity contribution in [2.45, 2.75) is 39.0 Å². The third-order valence-electron chi connectivity index (χ3n) is 4.38. The normalized spacial score (nSPS) is 18.2. The molecule has 1 saturated carbocycles. The minimum atomic E-state index is 0.186. The summed E-state index contributed by atoms with van der Waals surface area (Å²) in [5.74, 6) is 2.49. The van der Waals surface area contributed by atoms with Crippen molar-refractivity contribution in [3.05, 3.63) is 41.9 Å². The molecule has 1 amide bonds. The standard InChI is InChI=1S/C16H20N4O2/c21-16(12-3-4-12)18-9-13-8-17-15-11-19(5-6-20(13)15)10-14-2-1-7-22-14/h1-2,7-8,12H,3-6,9-11H2,(H,18,21). The first-order valence-electron chi connectivity index (χ1n) is 7.85. The third-order valence-corrected chi connectivity index (χ3v) is 4.38. The van der Waals surface area contributed by atoms with Crippen LogP contribution >= 0.6 is 0 Å². The Balaban J connectivity index is 1.38. The van der Waals surface area contributed by atoms with Crippen LogP contribution in [0, 0.1) is 5.92 Å². The Morgan fingerprint density at radius 3 is 3.09 bits per heavy atom. The zero-order valence-electron chi connectivity index (χ0n) is 12.5. The molecule has 2 aromatic heterocycles. The highest BCUT2D eigenvalue weighted by molar-refractivity contribution is 5.80. The quantitative estimate of drug-likeness (QED) is 0.909. The van der Waals surface area contributed by atoms with E-state index >= 15 is 0 Å². The van der Waals surface area contributed by atoms with E-state index in [9.17, 15) is 4.79 Å². The number of hydrogen-bond donors (Lipinski definition) is 1. The van der Waals surface area contributed by atoms with E-state index in [0.29, 0.717) is 6.54 Å². The average Bonchev–Trinajstić information content (AvgIpc) is 3.12. The van der Waals surface area contributed by atoms with Gasteiger partial charge < -0.3 is 14.3 Å². The van der Waals surface area contributed by atoms with Crippen LogP contribution in [-0.2, 0) is 31.0 Å². The second-order valence-electron chi connectivity index (χ2n) is 6.10.